The van der Waals surface area contributed by atoms with Gasteiger partial charge in [0.25, 0.3) is 0 Å². The van der Waals surface area contributed by atoms with Crippen molar-refractivity contribution in [3.8, 4) is 18.2 Å². The summed E-state index contributed by atoms with van der Waals surface area (Å²) in [5.74, 6) is -0.353. The Morgan fingerprint density at radius 1 is 1.29 bits per heavy atom. The van der Waals surface area contributed by atoms with Gasteiger partial charge in [0.15, 0.2) is 10.8 Å². The lowest BCUT2D eigenvalue weighted by atomic mass is 9.42. The van der Waals surface area contributed by atoms with Crippen LogP contribution in [-0.2, 0) is 9.53 Å². The lowest BCUT2D eigenvalue weighted by molar-refractivity contribution is -0.168. The van der Waals surface area contributed by atoms with E-state index in [0.29, 0.717) is 25.0 Å². The van der Waals surface area contributed by atoms with Crippen LogP contribution in [0.1, 0.15) is 40.0 Å². The predicted molar refractivity (Wildman–Crippen MR) is 72.7 cm³/mol. The number of nitrogens with zero attached hydrogens (tertiary/aromatic N) is 3. The lowest BCUT2D eigenvalue weighted by Crippen LogP contribution is -2.61. The SMILES string of the molecule is CCC12C=C(C)OC(=O)[C@@]1(C#N)C[C@@H](C)CC2(C#N)C#N. The molecule has 1 unspecified atom stereocenters. The van der Waals surface area contributed by atoms with E-state index in [1.807, 2.05) is 13.8 Å². The van der Waals surface area contributed by atoms with Crippen LogP contribution in [0.2, 0.25) is 0 Å². The number of hydrogen-bond acceptors (Lipinski definition) is 5. The summed E-state index contributed by atoms with van der Waals surface area (Å²) in [5.41, 5.74) is -3.98. The summed E-state index contributed by atoms with van der Waals surface area (Å²) < 4.78 is 5.19. The van der Waals surface area contributed by atoms with E-state index in [1.54, 1.807) is 13.0 Å². The fraction of sp³-hybridized carbons (Fsp3) is 0.625. The summed E-state index contributed by atoms with van der Waals surface area (Å²) in [6, 6.07) is 6.36. The van der Waals surface area contributed by atoms with Crippen molar-refractivity contribution in [2.24, 2.45) is 22.2 Å². The minimum atomic E-state index is -1.47. The van der Waals surface area contributed by atoms with Crippen LogP contribution in [0.15, 0.2) is 11.8 Å². The van der Waals surface area contributed by atoms with Crippen LogP contribution in [0.25, 0.3) is 0 Å². The number of cyclic esters (lactones) is 1. The predicted octanol–water partition coefficient (Wildman–Crippen LogP) is 2.82. The van der Waals surface area contributed by atoms with Crippen LogP contribution >= 0.6 is 0 Å². The van der Waals surface area contributed by atoms with E-state index in [4.69, 9.17) is 4.74 Å². The minimum absolute atomic E-state index is 0.0806. The van der Waals surface area contributed by atoms with E-state index < -0.39 is 22.2 Å². The van der Waals surface area contributed by atoms with Gasteiger partial charge < -0.3 is 4.74 Å². The van der Waals surface area contributed by atoms with Gasteiger partial charge in [-0.25, -0.2) is 4.79 Å². The minimum Gasteiger partial charge on any atom is -0.430 e. The number of fused-ring (bicyclic) bond motifs is 1. The number of rotatable bonds is 1. The van der Waals surface area contributed by atoms with Gasteiger partial charge in [0.1, 0.15) is 5.76 Å². The molecule has 0 spiro atoms. The average Bonchev–Trinajstić information content (AvgIpc) is 2.47. The van der Waals surface area contributed by atoms with Gasteiger partial charge >= 0.3 is 5.97 Å². The Bertz CT molecular complexity index is 632. The number of allylic oxidation sites excluding steroid dienone is 2. The van der Waals surface area contributed by atoms with E-state index >= 15 is 0 Å². The summed E-state index contributed by atoms with van der Waals surface area (Å²) in [6.45, 7) is 5.29. The highest BCUT2D eigenvalue weighted by atomic mass is 16.5. The van der Waals surface area contributed by atoms with Crippen LogP contribution in [-0.4, -0.2) is 5.97 Å². The molecule has 2 rings (SSSR count). The number of hydrogen-bond donors (Lipinski definition) is 0. The van der Waals surface area contributed by atoms with Crippen molar-refractivity contribution in [2.75, 3.05) is 0 Å². The molecule has 1 saturated carbocycles. The van der Waals surface area contributed by atoms with Gasteiger partial charge in [-0.1, -0.05) is 13.8 Å². The van der Waals surface area contributed by atoms with Crippen LogP contribution in [0.3, 0.4) is 0 Å². The smallest absolute Gasteiger partial charge is 0.332 e. The van der Waals surface area contributed by atoms with Crippen molar-refractivity contribution in [1.29, 1.82) is 15.8 Å². The fourth-order valence-electron chi connectivity index (χ4n) is 4.18. The maximum Gasteiger partial charge on any atom is 0.332 e. The second-order valence-corrected chi connectivity index (χ2v) is 6.13. The van der Waals surface area contributed by atoms with Gasteiger partial charge in [0.2, 0.25) is 0 Å². The number of esters is 1. The van der Waals surface area contributed by atoms with Gasteiger partial charge in [-0.15, -0.1) is 0 Å². The van der Waals surface area contributed by atoms with E-state index in [9.17, 15) is 20.6 Å². The summed E-state index contributed by atoms with van der Waals surface area (Å²) >= 11 is 0. The Kier molecular flexibility index (Phi) is 3.31. The molecule has 0 aromatic carbocycles. The largest absolute Gasteiger partial charge is 0.430 e. The summed E-state index contributed by atoms with van der Waals surface area (Å²) in [7, 11) is 0. The molecular formula is C16H17N3O2. The van der Waals surface area contributed by atoms with Crippen molar-refractivity contribution in [1.82, 2.24) is 0 Å². The van der Waals surface area contributed by atoms with Gasteiger partial charge in [0.05, 0.1) is 23.6 Å². The Balaban J connectivity index is 2.89. The molecule has 1 aliphatic heterocycles. The third-order valence-electron chi connectivity index (χ3n) is 5.01. The summed E-state index contributed by atoms with van der Waals surface area (Å²) in [4.78, 5) is 12.5. The molecule has 0 radical (unpaired) electrons. The van der Waals surface area contributed by atoms with Gasteiger partial charge in [-0.05, 0) is 38.2 Å². The molecule has 0 aromatic heterocycles. The Labute approximate surface area is 124 Å². The van der Waals surface area contributed by atoms with Gasteiger partial charge in [-0.3, -0.25) is 0 Å². The first-order valence-electron chi connectivity index (χ1n) is 7.02. The molecule has 21 heavy (non-hydrogen) atoms. The van der Waals surface area contributed by atoms with Gasteiger partial charge in [-0.2, -0.15) is 15.8 Å². The first kappa shape index (κ1) is 15.1. The molecular weight excluding hydrogens is 266 g/mol. The lowest BCUT2D eigenvalue weighted by Gasteiger charge is -2.55. The van der Waals surface area contributed by atoms with Crippen molar-refractivity contribution >= 4 is 5.97 Å². The quantitative estimate of drug-likeness (QED) is 0.689. The second-order valence-electron chi connectivity index (χ2n) is 6.13. The van der Waals surface area contributed by atoms with E-state index in [1.165, 1.54) is 0 Å². The van der Waals surface area contributed by atoms with Crippen LogP contribution in [0, 0.1) is 56.2 Å². The maximum absolute atomic E-state index is 12.5. The molecule has 5 heteroatoms. The standard InChI is InChI=1S/C16H17N3O2/c1-4-16-7-12(3)21-13(20)15(16,10-19)6-11(2)5-14(16,8-17)9-18/h7,11H,4-6H2,1-3H3/t11-,15-,16?/m0/s1. The van der Waals surface area contributed by atoms with Crippen molar-refractivity contribution < 1.29 is 9.53 Å². The summed E-state index contributed by atoms with van der Waals surface area (Å²) in [6.07, 6.45) is 2.69. The molecule has 0 amide bonds. The molecule has 2 aliphatic rings. The number of carbonyl (C=O) groups excluding carboxylic acids is 1. The maximum atomic E-state index is 12.5. The molecule has 1 aliphatic carbocycles. The van der Waals surface area contributed by atoms with Crippen molar-refractivity contribution in [3.63, 3.8) is 0 Å². The Morgan fingerprint density at radius 2 is 1.90 bits per heavy atom. The fourth-order valence-corrected chi connectivity index (χ4v) is 4.18. The van der Waals surface area contributed by atoms with Crippen LogP contribution in [0.5, 0.6) is 0 Å². The second kappa shape index (κ2) is 4.61. The third-order valence-corrected chi connectivity index (χ3v) is 5.01. The van der Waals surface area contributed by atoms with Crippen LogP contribution in [0.4, 0.5) is 0 Å². The first-order chi connectivity index (χ1) is 9.87. The number of nitriles is 3. The molecule has 1 heterocycles. The first-order valence-corrected chi connectivity index (χ1v) is 7.02. The Hall–Kier alpha value is -2.32. The Morgan fingerprint density at radius 3 is 2.38 bits per heavy atom. The topological polar surface area (TPSA) is 97.7 Å². The van der Waals surface area contributed by atoms with E-state index in [0.717, 1.165) is 0 Å². The average molecular weight is 283 g/mol. The zero-order valence-corrected chi connectivity index (χ0v) is 12.4. The zero-order valence-electron chi connectivity index (χ0n) is 12.4. The monoisotopic (exact) mass is 283 g/mol. The molecule has 5 nitrogen and oxygen atoms in total. The normalized spacial score (nSPS) is 37.0. The molecule has 3 atom stereocenters. The highest BCUT2D eigenvalue weighted by Crippen LogP contribution is 2.65. The van der Waals surface area contributed by atoms with Crippen molar-refractivity contribution in [2.45, 2.75) is 40.0 Å². The van der Waals surface area contributed by atoms with Crippen molar-refractivity contribution in [3.05, 3.63) is 11.8 Å². The number of carbonyl (C=O) groups is 1. The third kappa shape index (κ3) is 1.57. The highest BCUT2D eigenvalue weighted by Gasteiger charge is 2.71. The summed E-state index contributed by atoms with van der Waals surface area (Å²) in [5, 5.41) is 29.2. The molecule has 0 saturated heterocycles. The highest BCUT2D eigenvalue weighted by molar-refractivity contribution is 5.85. The zero-order chi connectivity index (χ0) is 15.9. The number of ether oxygens (including phenoxy) is 1. The molecule has 1 fully saturated rings. The molecule has 108 valence electrons. The van der Waals surface area contributed by atoms with Crippen LogP contribution < -0.4 is 0 Å². The molecule has 0 bridgehead atoms. The van der Waals surface area contributed by atoms with Gasteiger partial charge in [0, 0.05) is 0 Å². The van der Waals surface area contributed by atoms with E-state index in [-0.39, 0.29) is 5.92 Å². The molecule has 0 N–H and O–H groups in total. The molecule has 0 aromatic rings. The van der Waals surface area contributed by atoms with E-state index in [2.05, 4.69) is 18.2 Å².